The number of benzene rings is 1. The average Bonchev–Trinajstić information content (AvgIpc) is 2.65. The molecule has 0 N–H and O–H groups in total. The van der Waals surface area contributed by atoms with Crippen LogP contribution in [0.4, 0.5) is 0 Å². The van der Waals surface area contributed by atoms with Crippen LogP contribution in [0.2, 0.25) is 0 Å². The lowest BCUT2D eigenvalue weighted by Crippen LogP contribution is -1.97. The van der Waals surface area contributed by atoms with Crippen LogP contribution < -0.4 is 0 Å². The van der Waals surface area contributed by atoms with Gasteiger partial charge in [0.1, 0.15) is 35.4 Å². The summed E-state index contributed by atoms with van der Waals surface area (Å²) in [5, 5.41) is 35.1. The number of rotatable bonds is 3. The minimum absolute atomic E-state index is 0.0547. The summed E-state index contributed by atoms with van der Waals surface area (Å²) in [5.41, 5.74) is 3.09. The molecule has 0 saturated carbocycles. The topological polar surface area (TPSA) is 95.2 Å². The first-order chi connectivity index (χ1) is 11.7. The quantitative estimate of drug-likeness (QED) is 0.787. The highest BCUT2D eigenvalue weighted by Gasteiger charge is 2.09. The molecule has 1 atom stereocenters. The van der Waals surface area contributed by atoms with Crippen LogP contribution in [0.5, 0.6) is 0 Å². The Morgan fingerprint density at radius 2 is 1.54 bits per heavy atom. The predicted octanol–water partition coefficient (Wildman–Crippen LogP) is 4.05. The number of allylic oxidation sites excluding steroid dienone is 7. The van der Waals surface area contributed by atoms with Crippen molar-refractivity contribution in [2.24, 2.45) is 5.92 Å². The van der Waals surface area contributed by atoms with Gasteiger partial charge in [0.2, 0.25) is 0 Å². The zero-order chi connectivity index (χ0) is 17.4. The second kappa shape index (κ2) is 7.95. The molecular weight excluding hydrogens is 296 g/mol. The lowest BCUT2D eigenvalue weighted by molar-refractivity contribution is 0.822. The van der Waals surface area contributed by atoms with E-state index in [1.165, 1.54) is 0 Å². The molecule has 0 bridgehead atoms. The molecule has 0 radical (unpaired) electrons. The van der Waals surface area contributed by atoms with E-state index in [2.05, 4.69) is 6.08 Å². The van der Waals surface area contributed by atoms with Gasteiger partial charge in [-0.3, -0.25) is 0 Å². The molecule has 4 heteroatoms. The van der Waals surface area contributed by atoms with Crippen LogP contribution in [0.15, 0.2) is 59.7 Å². The summed E-state index contributed by atoms with van der Waals surface area (Å²) in [7, 11) is 0. The van der Waals surface area contributed by atoms with Gasteiger partial charge in [0, 0.05) is 5.92 Å². The third kappa shape index (κ3) is 4.08. The monoisotopic (exact) mass is 308 g/mol. The summed E-state index contributed by atoms with van der Waals surface area (Å²) in [4.78, 5) is 0. The molecule has 112 valence electrons. The zero-order valence-electron chi connectivity index (χ0n) is 12.8. The Kier molecular flexibility index (Phi) is 5.47. The number of nitriles is 4. The van der Waals surface area contributed by atoms with Crippen molar-refractivity contribution in [2.45, 2.75) is 6.42 Å². The molecule has 0 saturated heterocycles. The highest BCUT2D eigenvalue weighted by Crippen LogP contribution is 2.26. The van der Waals surface area contributed by atoms with Crippen LogP contribution in [-0.4, -0.2) is 0 Å². The fraction of sp³-hybridized carbons (Fsp3) is 0.100. The normalized spacial score (nSPS) is 14.8. The maximum atomic E-state index is 8.79. The van der Waals surface area contributed by atoms with Gasteiger partial charge in [-0.15, -0.1) is 0 Å². The molecule has 1 aromatic carbocycles. The van der Waals surface area contributed by atoms with E-state index in [4.69, 9.17) is 21.0 Å². The Hall–Kier alpha value is -3.86. The summed E-state index contributed by atoms with van der Waals surface area (Å²) in [5.74, 6) is 0.0547. The second-order valence-corrected chi connectivity index (χ2v) is 5.13. The van der Waals surface area contributed by atoms with Crippen LogP contribution in [0, 0.1) is 51.2 Å². The van der Waals surface area contributed by atoms with Crippen molar-refractivity contribution in [3.05, 3.63) is 70.8 Å². The van der Waals surface area contributed by atoms with Gasteiger partial charge < -0.3 is 0 Å². The molecule has 1 aromatic rings. The first kappa shape index (κ1) is 16.5. The summed E-state index contributed by atoms with van der Waals surface area (Å²) in [6, 6.07) is 15.0. The predicted molar refractivity (Wildman–Crippen MR) is 90.2 cm³/mol. The molecule has 1 unspecified atom stereocenters. The van der Waals surface area contributed by atoms with E-state index in [1.54, 1.807) is 12.2 Å². The van der Waals surface area contributed by atoms with Crippen molar-refractivity contribution >= 4 is 11.6 Å². The third-order valence-electron chi connectivity index (χ3n) is 3.55. The van der Waals surface area contributed by atoms with E-state index < -0.39 is 0 Å². The number of hydrogen-bond donors (Lipinski definition) is 0. The van der Waals surface area contributed by atoms with E-state index in [9.17, 15) is 0 Å². The maximum Gasteiger partial charge on any atom is 0.130 e. The molecule has 0 spiro atoms. The molecule has 2 rings (SSSR count). The van der Waals surface area contributed by atoms with Gasteiger partial charge in [-0.2, -0.15) is 21.0 Å². The number of hydrogen-bond acceptors (Lipinski definition) is 4. The first-order valence-corrected chi connectivity index (χ1v) is 7.23. The SMILES string of the molecule is N#CC(C#N)=Cc1ccc(C2=CCC(C=C(C#N)C#N)C=C2)cc1. The molecule has 0 aliphatic heterocycles. The van der Waals surface area contributed by atoms with Gasteiger partial charge in [0.15, 0.2) is 0 Å². The van der Waals surface area contributed by atoms with E-state index in [0.717, 1.165) is 23.1 Å². The van der Waals surface area contributed by atoms with Crippen LogP contribution in [0.25, 0.3) is 11.6 Å². The average molecular weight is 308 g/mol. The highest BCUT2D eigenvalue weighted by molar-refractivity contribution is 5.76. The van der Waals surface area contributed by atoms with Crippen molar-refractivity contribution in [1.82, 2.24) is 0 Å². The molecule has 4 nitrogen and oxygen atoms in total. The smallest absolute Gasteiger partial charge is 0.130 e. The van der Waals surface area contributed by atoms with Crippen LogP contribution >= 0.6 is 0 Å². The van der Waals surface area contributed by atoms with Gasteiger partial charge in [-0.1, -0.05) is 42.5 Å². The van der Waals surface area contributed by atoms with Crippen LogP contribution in [-0.2, 0) is 0 Å². The molecule has 24 heavy (non-hydrogen) atoms. The van der Waals surface area contributed by atoms with E-state index >= 15 is 0 Å². The van der Waals surface area contributed by atoms with E-state index in [0.29, 0.717) is 0 Å². The first-order valence-electron chi connectivity index (χ1n) is 7.23. The lowest BCUT2D eigenvalue weighted by atomic mass is 9.91. The Morgan fingerprint density at radius 3 is 2.04 bits per heavy atom. The van der Waals surface area contributed by atoms with Crippen molar-refractivity contribution in [2.75, 3.05) is 0 Å². The van der Waals surface area contributed by atoms with Crippen molar-refractivity contribution in [3.63, 3.8) is 0 Å². The van der Waals surface area contributed by atoms with Crippen LogP contribution in [0.1, 0.15) is 17.5 Å². The molecule has 0 fully saturated rings. The fourth-order valence-corrected chi connectivity index (χ4v) is 2.32. The Morgan fingerprint density at radius 1 is 0.917 bits per heavy atom. The summed E-state index contributed by atoms with van der Waals surface area (Å²) >= 11 is 0. The summed E-state index contributed by atoms with van der Waals surface area (Å²) in [6.07, 6.45) is 9.95. The van der Waals surface area contributed by atoms with Crippen LogP contribution in [0.3, 0.4) is 0 Å². The van der Waals surface area contributed by atoms with Crippen molar-refractivity contribution in [3.8, 4) is 24.3 Å². The van der Waals surface area contributed by atoms with E-state index in [1.807, 2.05) is 60.7 Å². The number of nitrogens with zero attached hydrogens (tertiary/aromatic N) is 4. The molecule has 0 aromatic heterocycles. The maximum absolute atomic E-state index is 8.79. The highest BCUT2D eigenvalue weighted by atomic mass is 14.3. The zero-order valence-corrected chi connectivity index (χ0v) is 12.8. The van der Waals surface area contributed by atoms with Gasteiger partial charge in [-0.05, 0) is 35.3 Å². The lowest BCUT2D eigenvalue weighted by Gasteiger charge is -2.13. The van der Waals surface area contributed by atoms with Crippen molar-refractivity contribution in [1.29, 1.82) is 21.0 Å². The second-order valence-electron chi connectivity index (χ2n) is 5.13. The van der Waals surface area contributed by atoms with Gasteiger partial charge >= 0.3 is 0 Å². The molecular formula is C20H12N4. The molecule has 0 amide bonds. The summed E-state index contributed by atoms with van der Waals surface area (Å²) < 4.78 is 0. The Bertz CT molecular complexity index is 882. The van der Waals surface area contributed by atoms with Gasteiger partial charge in [0.25, 0.3) is 0 Å². The van der Waals surface area contributed by atoms with Gasteiger partial charge in [0.05, 0.1) is 0 Å². The van der Waals surface area contributed by atoms with Crippen molar-refractivity contribution < 1.29 is 0 Å². The Labute approximate surface area is 140 Å². The molecule has 1 aliphatic carbocycles. The minimum Gasteiger partial charge on any atom is -0.192 e. The third-order valence-corrected chi connectivity index (χ3v) is 3.55. The summed E-state index contributed by atoms with van der Waals surface area (Å²) in [6.45, 7) is 0. The van der Waals surface area contributed by atoms with E-state index in [-0.39, 0.29) is 17.1 Å². The largest absolute Gasteiger partial charge is 0.192 e. The fourth-order valence-electron chi connectivity index (χ4n) is 2.32. The minimum atomic E-state index is 0.0547. The van der Waals surface area contributed by atoms with Gasteiger partial charge in [-0.25, -0.2) is 0 Å². The molecule has 1 aliphatic rings. The Balaban J connectivity index is 2.13. The standard InChI is InChI=1S/C20H12N4/c21-11-17(12-22)9-15-1-5-19(6-2-15)20-7-3-16(4-8-20)10-18(13-23)14-24/h1-3,5-10,16H,4H2. The molecule has 0 heterocycles.